The monoisotopic (exact) mass is 211 g/mol. The maximum Gasteiger partial charge on any atom is 0.323 e. The fourth-order valence-electron chi connectivity index (χ4n) is 0.983. The Morgan fingerprint density at radius 2 is 2.13 bits per heavy atom. The third-order valence-electron chi connectivity index (χ3n) is 1.71. The van der Waals surface area contributed by atoms with Gasteiger partial charge in [0.05, 0.1) is 0 Å². The smallest absolute Gasteiger partial charge is 0.323 e. The van der Waals surface area contributed by atoms with Gasteiger partial charge in [0.25, 0.3) is 0 Å². The normalized spacial score (nSPS) is 13.0. The molecular formula is C12H21NO2. The highest BCUT2D eigenvalue weighted by molar-refractivity contribution is 5.75. The molecule has 0 aromatic carbocycles. The van der Waals surface area contributed by atoms with Crippen molar-refractivity contribution in [1.82, 2.24) is 5.32 Å². The van der Waals surface area contributed by atoms with Gasteiger partial charge in [0.15, 0.2) is 0 Å². The summed E-state index contributed by atoms with van der Waals surface area (Å²) in [6.45, 7) is 8.11. The van der Waals surface area contributed by atoms with Crippen molar-refractivity contribution in [2.45, 2.75) is 52.2 Å². The number of carbonyl (C=O) groups is 1. The Bertz CT molecular complexity index is 235. The minimum Gasteiger partial charge on any atom is -0.459 e. The Morgan fingerprint density at radius 1 is 1.53 bits per heavy atom. The van der Waals surface area contributed by atoms with Crippen molar-refractivity contribution in [2.24, 2.45) is 0 Å². The van der Waals surface area contributed by atoms with Crippen LogP contribution >= 0.6 is 0 Å². The van der Waals surface area contributed by atoms with Gasteiger partial charge in [-0.25, -0.2) is 0 Å². The number of unbranched alkanes of at least 4 members (excludes halogenated alkanes) is 1. The number of hydrogen-bond donors (Lipinski definition) is 1. The zero-order valence-corrected chi connectivity index (χ0v) is 10.1. The van der Waals surface area contributed by atoms with Crippen molar-refractivity contribution in [2.75, 3.05) is 6.54 Å². The molecule has 0 aliphatic heterocycles. The van der Waals surface area contributed by atoms with Crippen molar-refractivity contribution in [3.8, 4) is 12.3 Å². The topological polar surface area (TPSA) is 38.3 Å². The summed E-state index contributed by atoms with van der Waals surface area (Å²) in [6.07, 6.45) is 6.73. The highest BCUT2D eigenvalue weighted by atomic mass is 16.6. The van der Waals surface area contributed by atoms with Crippen LogP contribution in [0, 0.1) is 12.3 Å². The van der Waals surface area contributed by atoms with Crippen LogP contribution in [0.2, 0.25) is 0 Å². The van der Waals surface area contributed by atoms with Crippen LogP contribution in [0.5, 0.6) is 0 Å². The van der Waals surface area contributed by atoms with E-state index in [2.05, 4.69) is 11.2 Å². The van der Waals surface area contributed by atoms with Gasteiger partial charge in [-0.15, -0.1) is 12.3 Å². The molecule has 15 heavy (non-hydrogen) atoms. The lowest BCUT2D eigenvalue weighted by Gasteiger charge is -2.22. The summed E-state index contributed by atoms with van der Waals surface area (Å²) in [5, 5.41) is 3.07. The summed E-state index contributed by atoms with van der Waals surface area (Å²) >= 11 is 0. The average Bonchev–Trinajstić information content (AvgIpc) is 2.09. The van der Waals surface area contributed by atoms with Gasteiger partial charge in [-0.05, 0) is 40.7 Å². The van der Waals surface area contributed by atoms with Gasteiger partial charge in [0, 0.05) is 6.42 Å². The molecule has 0 amide bonds. The first-order valence-corrected chi connectivity index (χ1v) is 5.26. The fourth-order valence-corrected chi connectivity index (χ4v) is 0.983. The summed E-state index contributed by atoms with van der Waals surface area (Å²) in [6, 6.07) is -0.276. The molecule has 0 saturated carbocycles. The zero-order valence-electron chi connectivity index (χ0n) is 10.1. The third kappa shape index (κ3) is 8.02. The third-order valence-corrected chi connectivity index (χ3v) is 1.71. The fraction of sp³-hybridized carbons (Fsp3) is 0.750. The number of rotatable bonds is 5. The zero-order chi connectivity index (χ0) is 11.9. The molecule has 0 aliphatic rings. The largest absolute Gasteiger partial charge is 0.459 e. The molecule has 1 unspecified atom stereocenters. The molecule has 0 fully saturated rings. The summed E-state index contributed by atoms with van der Waals surface area (Å²) in [5.74, 6) is 2.33. The number of hydrogen-bond acceptors (Lipinski definition) is 3. The van der Waals surface area contributed by atoms with Crippen LogP contribution in [-0.4, -0.2) is 24.2 Å². The maximum atomic E-state index is 11.5. The van der Waals surface area contributed by atoms with Crippen molar-refractivity contribution >= 4 is 5.97 Å². The lowest BCUT2D eigenvalue weighted by molar-refractivity contribution is -0.156. The lowest BCUT2D eigenvalue weighted by Crippen LogP contribution is -2.39. The van der Waals surface area contributed by atoms with Gasteiger partial charge in [-0.3, -0.25) is 4.79 Å². The lowest BCUT2D eigenvalue weighted by atomic mass is 10.2. The van der Waals surface area contributed by atoms with Crippen LogP contribution in [0.3, 0.4) is 0 Å². The van der Waals surface area contributed by atoms with E-state index in [0.717, 1.165) is 19.4 Å². The molecule has 0 spiro atoms. The molecule has 3 nitrogen and oxygen atoms in total. The molecule has 1 atom stereocenters. The van der Waals surface area contributed by atoms with Crippen LogP contribution in [0.15, 0.2) is 0 Å². The van der Waals surface area contributed by atoms with Crippen LogP contribution in [0.25, 0.3) is 0 Å². The van der Waals surface area contributed by atoms with Crippen molar-refractivity contribution < 1.29 is 9.53 Å². The van der Waals surface area contributed by atoms with E-state index in [-0.39, 0.29) is 12.0 Å². The van der Waals surface area contributed by atoms with Gasteiger partial charge < -0.3 is 10.1 Å². The second kappa shape index (κ2) is 6.47. The molecule has 86 valence electrons. The quantitative estimate of drug-likeness (QED) is 0.427. The van der Waals surface area contributed by atoms with E-state index in [1.165, 1.54) is 0 Å². The van der Waals surface area contributed by atoms with E-state index in [0.29, 0.717) is 0 Å². The first kappa shape index (κ1) is 14.0. The summed E-state index contributed by atoms with van der Waals surface area (Å²) in [5.41, 5.74) is -0.425. The molecule has 3 heteroatoms. The van der Waals surface area contributed by atoms with Crippen LogP contribution < -0.4 is 5.32 Å². The summed E-state index contributed by atoms with van der Waals surface area (Å²) < 4.78 is 5.21. The Balaban J connectivity index is 3.76. The van der Waals surface area contributed by atoms with E-state index in [9.17, 15) is 4.79 Å². The molecule has 0 aromatic rings. The minimum atomic E-state index is -0.425. The van der Waals surface area contributed by atoms with Gasteiger partial charge in [0.2, 0.25) is 0 Å². The van der Waals surface area contributed by atoms with Crippen LogP contribution in [0.1, 0.15) is 40.5 Å². The first-order valence-electron chi connectivity index (χ1n) is 5.26. The number of esters is 1. The Morgan fingerprint density at radius 3 is 2.60 bits per heavy atom. The number of nitrogens with one attached hydrogen (secondary N) is 1. The minimum absolute atomic E-state index is 0.219. The van der Waals surface area contributed by atoms with E-state index in [1.807, 2.05) is 20.8 Å². The second-order valence-electron chi connectivity index (χ2n) is 4.52. The molecule has 0 aromatic heterocycles. The Hall–Kier alpha value is -1.01. The molecule has 0 bridgehead atoms. The number of ether oxygens (including phenoxy) is 1. The predicted molar refractivity (Wildman–Crippen MR) is 61.4 cm³/mol. The average molecular weight is 211 g/mol. The molecule has 0 heterocycles. The van der Waals surface area contributed by atoms with Gasteiger partial charge in [-0.1, -0.05) is 0 Å². The van der Waals surface area contributed by atoms with E-state index in [1.54, 1.807) is 6.92 Å². The molecule has 0 aliphatic carbocycles. The maximum absolute atomic E-state index is 11.5. The Kier molecular flexibility index (Phi) is 6.03. The molecule has 0 rings (SSSR count). The molecule has 0 saturated heterocycles. The predicted octanol–water partition coefficient (Wildman–Crippen LogP) is 1.72. The SMILES string of the molecule is C#CCCCNC(C)C(=O)OC(C)(C)C. The number of carbonyl (C=O) groups excluding carboxylic acids is 1. The van der Waals surface area contributed by atoms with E-state index < -0.39 is 5.60 Å². The van der Waals surface area contributed by atoms with E-state index >= 15 is 0 Å². The summed E-state index contributed by atoms with van der Waals surface area (Å²) in [4.78, 5) is 11.5. The van der Waals surface area contributed by atoms with Gasteiger partial charge in [-0.2, -0.15) is 0 Å². The molecule has 1 N–H and O–H groups in total. The number of terminal acetylenes is 1. The second-order valence-corrected chi connectivity index (χ2v) is 4.52. The van der Waals surface area contributed by atoms with Crippen molar-refractivity contribution in [3.05, 3.63) is 0 Å². The van der Waals surface area contributed by atoms with Gasteiger partial charge in [0.1, 0.15) is 11.6 Å². The molecular weight excluding hydrogens is 190 g/mol. The first-order chi connectivity index (χ1) is 6.87. The van der Waals surface area contributed by atoms with Crippen molar-refractivity contribution in [3.63, 3.8) is 0 Å². The van der Waals surface area contributed by atoms with Crippen LogP contribution in [-0.2, 0) is 9.53 Å². The molecule has 0 radical (unpaired) electrons. The Labute approximate surface area is 92.6 Å². The van der Waals surface area contributed by atoms with E-state index in [4.69, 9.17) is 11.2 Å². The standard InChI is InChI=1S/C12H21NO2/c1-6-7-8-9-13-10(2)11(14)15-12(3,4)5/h1,10,13H,7-9H2,2-5H3. The highest BCUT2D eigenvalue weighted by Crippen LogP contribution is 2.08. The van der Waals surface area contributed by atoms with Crippen molar-refractivity contribution in [1.29, 1.82) is 0 Å². The van der Waals surface area contributed by atoms with Gasteiger partial charge >= 0.3 is 5.97 Å². The highest BCUT2D eigenvalue weighted by Gasteiger charge is 2.20. The summed E-state index contributed by atoms with van der Waals surface area (Å²) in [7, 11) is 0. The van der Waals surface area contributed by atoms with Crippen LogP contribution in [0.4, 0.5) is 0 Å².